The van der Waals surface area contributed by atoms with Crippen molar-refractivity contribution in [2.75, 3.05) is 26.7 Å². The minimum atomic E-state index is -0.200. The second kappa shape index (κ2) is 5.72. The fraction of sp³-hybridized carbons (Fsp3) is 0.700. The van der Waals surface area contributed by atoms with E-state index >= 15 is 0 Å². The van der Waals surface area contributed by atoms with Crippen LogP contribution in [0.2, 0.25) is 0 Å². The van der Waals surface area contributed by atoms with Crippen LogP contribution < -0.4 is 10.5 Å². The van der Waals surface area contributed by atoms with E-state index in [1.54, 1.807) is 7.11 Å². The average molecular weight is 213 g/mol. The summed E-state index contributed by atoms with van der Waals surface area (Å²) < 4.78 is 10.2. The third-order valence-electron chi connectivity index (χ3n) is 2.37. The van der Waals surface area contributed by atoms with Gasteiger partial charge in [-0.25, -0.2) is 4.98 Å². The number of hydrogen-bond donors (Lipinski definition) is 1. The van der Waals surface area contributed by atoms with E-state index in [9.17, 15) is 0 Å². The summed E-state index contributed by atoms with van der Waals surface area (Å²) in [5, 5.41) is 0. The highest BCUT2D eigenvalue weighted by molar-refractivity contribution is 5.02. The molecule has 0 spiro atoms. The smallest absolute Gasteiger partial charge is 0.304 e. The van der Waals surface area contributed by atoms with E-state index in [0.717, 1.165) is 19.6 Å². The van der Waals surface area contributed by atoms with Gasteiger partial charge in [-0.15, -0.1) is 0 Å². The lowest BCUT2D eigenvalue weighted by molar-refractivity contribution is 0.248. The molecule has 1 heterocycles. The van der Waals surface area contributed by atoms with Crippen LogP contribution in [0.1, 0.15) is 25.8 Å². The Bertz CT molecular complexity index is 284. The van der Waals surface area contributed by atoms with Crippen LogP contribution in [0.3, 0.4) is 0 Å². The number of oxazole rings is 1. The second-order valence-electron chi connectivity index (χ2n) is 3.31. The fourth-order valence-electron chi connectivity index (χ4n) is 1.38. The third kappa shape index (κ3) is 3.21. The maximum absolute atomic E-state index is 5.96. The molecular weight excluding hydrogens is 194 g/mol. The minimum absolute atomic E-state index is 0.200. The summed E-state index contributed by atoms with van der Waals surface area (Å²) in [5.41, 5.74) is 5.96. The van der Waals surface area contributed by atoms with Crippen LogP contribution in [0.15, 0.2) is 10.6 Å². The third-order valence-corrected chi connectivity index (χ3v) is 2.37. The molecule has 1 rings (SSSR count). The molecule has 1 aromatic heterocycles. The van der Waals surface area contributed by atoms with E-state index < -0.39 is 0 Å². The molecule has 86 valence electrons. The van der Waals surface area contributed by atoms with E-state index in [0.29, 0.717) is 11.8 Å². The molecule has 0 aliphatic rings. The van der Waals surface area contributed by atoms with Crippen LogP contribution in [0.5, 0.6) is 5.95 Å². The van der Waals surface area contributed by atoms with Gasteiger partial charge in [0.05, 0.1) is 13.2 Å². The molecule has 0 saturated heterocycles. The van der Waals surface area contributed by atoms with Crippen molar-refractivity contribution in [2.45, 2.75) is 19.9 Å². The fourth-order valence-corrected chi connectivity index (χ4v) is 1.38. The molecule has 15 heavy (non-hydrogen) atoms. The van der Waals surface area contributed by atoms with Crippen LogP contribution in [0, 0.1) is 0 Å². The van der Waals surface area contributed by atoms with Crippen LogP contribution in [-0.2, 0) is 0 Å². The lowest BCUT2D eigenvalue weighted by Gasteiger charge is -2.20. The Morgan fingerprint density at radius 1 is 1.53 bits per heavy atom. The summed E-state index contributed by atoms with van der Waals surface area (Å²) in [4.78, 5) is 6.29. The van der Waals surface area contributed by atoms with E-state index in [1.165, 1.54) is 6.20 Å². The zero-order valence-corrected chi connectivity index (χ0v) is 9.56. The highest BCUT2D eigenvalue weighted by Crippen LogP contribution is 2.17. The molecule has 5 heteroatoms. The predicted molar refractivity (Wildman–Crippen MR) is 57.8 cm³/mol. The van der Waals surface area contributed by atoms with Crippen molar-refractivity contribution in [1.29, 1.82) is 0 Å². The molecule has 1 aromatic rings. The lowest BCUT2D eigenvalue weighted by Crippen LogP contribution is -2.32. The number of hydrogen-bond acceptors (Lipinski definition) is 5. The van der Waals surface area contributed by atoms with Gasteiger partial charge < -0.3 is 19.8 Å². The van der Waals surface area contributed by atoms with Crippen molar-refractivity contribution >= 4 is 0 Å². The van der Waals surface area contributed by atoms with Crippen molar-refractivity contribution in [3.63, 3.8) is 0 Å². The topological polar surface area (TPSA) is 64.5 Å². The zero-order valence-electron chi connectivity index (χ0n) is 9.56. The maximum atomic E-state index is 5.96. The summed E-state index contributed by atoms with van der Waals surface area (Å²) in [5.74, 6) is 0.929. The van der Waals surface area contributed by atoms with Gasteiger partial charge in [0.25, 0.3) is 0 Å². The molecule has 0 fully saturated rings. The number of rotatable bonds is 6. The number of nitrogens with two attached hydrogens (primary N) is 1. The Morgan fingerprint density at radius 2 is 2.20 bits per heavy atom. The Balaban J connectivity index is 2.55. The molecule has 0 aliphatic heterocycles. The standard InChI is InChI=1S/C10H19N3O2/c1-4-13(5-2)7-8(11)10-12-6-9(14-3)15-10/h6,8H,4-5,7,11H2,1-3H3. The van der Waals surface area contributed by atoms with Crippen LogP contribution in [0.25, 0.3) is 0 Å². The first-order valence-corrected chi connectivity index (χ1v) is 5.18. The Hall–Kier alpha value is -1.07. The first kappa shape index (κ1) is 12.0. The average Bonchev–Trinajstić information content (AvgIpc) is 2.74. The molecule has 0 aliphatic carbocycles. The highest BCUT2D eigenvalue weighted by atomic mass is 16.6. The van der Waals surface area contributed by atoms with Gasteiger partial charge >= 0.3 is 5.95 Å². The number of ether oxygens (including phenoxy) is 1. The van der Waals surface area contributed by atoms with Crippen molar-refractivity contribution in [3.05, 3.63) is 12.1 Å². The van der Waals surface area contributed by atoms with Gasteiger partial charge in [0, 0.05) is 6.54 Å². The number of aromatic nitrogens is 1. The SMILES string of the molecule is CCN(CC)CC(N)c1ncc(OC)o1. The molecule has 5 nitrogen and oxygen atoms in total. The monoisotopic (exact) mass is 213 g/mol. The van der Waals surface area contributed by atoms with Gasteiger partial charge in [-0.1, -0.05) is 13.8 Å². The minimum Gasteiger partial charge on any atom is -0.467 e. The maximum Gasteiger partial charge on any atom is 0.304 e. The highest BCUT2D eigenvalue weighted by Gasteiger charge is 2.15. The first-order valence-electron chi connectivity index (χ1n) is 5.18. The molecule has 0 amide bonds. The van der Waals surface area contributed by atoms with Crippen molar-refractivity contribution in [1.82, 2.24) is 9.88 Å². The van der Waals surface area contributed by atoms with Gasteiger partial charge in [0.2, 0.25) is 5.89 Å². The zero-order chi connectivity index (χ0) is 11.3. The Morgan fingerprint density at radius 3 is 2.67 bits per heavy atom. The second-order valence-corrected chi connectivity index (χ2v) is 3.31. The molecular formula is C10H19N3O2. The summed E-state index contributed by atoms with van der Waals surface area (Å²) in [6.45, 7) is 6.90. The molecule has 0 aromatic carbocycles. The Labute approximate surface area is 90.2 Å². The number of likely N-dealkylation sites (N-methyl/N-ethyl adjacent to an activating group) is 1. The molecule has 2 N–H and O–H groups in total. The summed E-state index contributed by atoms with van der Waals surface area (Å²) in [7, 11) is 1.54. The van der Waals surface area contributed by atoms with Gasteiger partial charge in [-0.2, -0.15) is 0 Å². The normalized spacial score (nSPS) is 13.1. The van der Waals surface area contributed by atoms with Crippen LogP contribution >= 0.6 is 0 Å². The van der Waals surface area contributed by atoms with Crippen LogP contribution in [0.4, 0.5) is 0 Å². The van der Waals surface area contributed by atoms with Gasteiger partial charge in [0.15, 0.2) is 0 Å². The molecule has 0 saturated carbocycles. The lowest BCUT2D eigenvalue weighted by atomic mass is 10.3. The number of methoxy groups -OCH3 is 1. The first-order chi connectivity index (χ1) is 7.21. The van der Waals surface area contributed by atoms with Gasteiger partial charge in [-0.05, 0) is 13.1 Å². The molecule has 0 bridgehead atoms. The molecule has 1 unspecified atom stereocenters. The quantitative estimate of drug-likeness (QED) is 0.764. The molecule has 0 radical (unpaired) electrons. The predicted octanol–water partition coefficient (Wildman–Crippen LogP) is 1.02. The van der Waals surface area contributed by atoms with E-state index in [2.05, 4.69) is 23.7 Å². The van der Waals surface area contributed by atoms with Crippen molar-refractivity contribution < 1.29 is 9.15 Å². The van der Waals surface area contributed by atoms with Gasteiger partial charge in [0.1, 0.15) is 6.20 Å². The molecule has 1 atom stereocenters. The largest absolute Gasteiger partial charge is 0.467 e. The van der Waals surface area contributed by atoms with Gasteiger partial charge in [-0.3, -0.25) is 0 Å². The number of nitrogens with zero attached hydrogens (tertiary/aromatic N) is 2. The Kier molecular flexibility index (Phi) is 4.58. The summed E-state index contributed by atoms with van der Waals surface area (Å²) in [6, 6.07) is -0.200. The van der Waals surface area contributed by atoms with E-state index in [-0.39, 0.29) is 6.04 Å². The summed E-state index contributed by atoms with van der Waals surface area (Å²) in [6.07, 6.45) is 1.54. The van der Waals surface area contributed by atoms with E-state index in [4.69, 9.17) is 14.9 Å². The van der Waals surface area contributed by atoms with E-state index in [1.807, 2.05) is 0 Å². The van der Waals surface area contributed by atoms with Crippen LogP contribution in [-0.4, -0.2) is 36.6 Å². The summed E-state index contributed by atoms with van der Waals surface area (Å²) >= 11 is 0. The van der Waals surface area contributed by atoms with Crippen molar-refractivity contribution in [2.24, 2.45) is 5.73 Å². The van der Waals surface area contributed by atoms with Crippen molar-refractivity contribution in [3.8, 4) is 5.95 Å².